The third-order valence-corrected chi connectivity index (χ3v) is 3.64. The zero-order valence-corrected chi connectivity index (χ0v) is 11.4. The van der Waals surface area contributed by atoms with Gasteiger partial charge in [0.25, 0.3) is 5.91 Å². The maximum atomic E-state index is 13.7. The van der Waals surface area contributed by atoms with Gasteiger partial charge in [-0.2, -0.15) is 0 Å². The quantitative estimate of drug-likeness (QED) is 0.674. The van der Waals surface area contributed by atoms with E-state index in [0.29, 0.717) is 13.0 Å². The molecule has 1 amide bonds. The SMILES string of the molecule is NC(=S)C1CCCN1C(=O)c1cc(F)c(Cl)cc1F. The van der Waals surface area contributed by atoms with Crippen LogP contribution in [-0.2, 0) is 0 Å². The number of hydrogen-bond donors (Lipinski definition) is 1. The van der Waals surface area contributed by atoms with Crippen LogP contribution in [0.3, 0.4) is 0 Å². The lowest BCUT2D eigenvalue weighted by atomic mass is 10.1. The van der Waals surface area contributed by atoms with Crippen molar-refractivity contribution in [1.82, 2.24) is 4.90 Å². The van der Waals surface area contributed by atoms with E-state index >= 15 is 0 Å². The summed E-state index contributed by atoms with van der Waals surface area (Å²) in [6.45, 7) is 0.421. The number of hydrogen-bond acceptors (Lipinski definition) is 2. The molecule has 0 saturated carbocycles. The van der Waals surface area contributed by atoms with Crippen LogP contribution in [0.15, 0.2) is 12.1 Å². The summed E-state index contributed by atoms with van der Waals surface area (Å²) in [7, 11) is 0. The van der Waals surface area contributed by atoms with Gasteiger partial charge in [0.2, 0.25) is 0 Å². The molecule has 0 bridgehead atoms. The first-order valence-electron chi connectivity index (χ1n) is 5.66. The summed E-state index contributed by atoms with van der Waals surface area (Å²) >= 11 is 10.3. The average Bonchev–Trinajstić information content (AvgIpc) is 2.82. The molecule has 1 aliphatic rings. The third kappa shape index (κ3) is 2.69. The maximum Gasteiger partial charge on any atom is 0.257 e. The second kappa shape index (κ2) is 5.38. The van der Waals surface area contributed by atoms with Crippen molar-refractivity contribution in [2.75, 3.05) is 6.54 Å². The zero-order valence-electron chi connectivity index (χ0n) is 9.83. The molecule has 102 valence electrons. The first-order valence-corrected chi connectivity index (χ1v) is 6.45. The molecule has 0 spiro atoms. The standard InChI is InChI=1S/C12H11ClF2N2OS/c13-7-5-8(14)6(4-9(7)15)12(18)17-3-1-2-10(17)11(16)19/h4-5,10H,1-3H2,(H2,16,19). The molecule has 0 radical (unpaired) electrons. The number of halogens is 3. The topological polar surface area (TPSA) is 46.3 Å². The Balaban J connectivity index is 2.34. The number of rotatable bonds is 2. The predicted molar refractivity (Wildman–Crippen MR) is 72.2 cm³/mol. The Hall–Kier alpha value is -1.27. The van der Waals surface area contributed by atoms with E-state index in [1.54, 1.807) is 0 Å². The van der Waals surface area contributed by atoms with Crippen molar-refractivity contribution in [2.45, 2.75) is 18.9 Å². The van der Waals surface area contributed by atoms with Crippen molar-refractivity contribution < 1.29 is 13.6 Å². The van der Waals surface area contributed by atoms with Gasteiger partial charge in [-0.15, -0.1) is 0 Å². The van der Waals surface area contributed by atoms with Gasteiger partial charge in [0, 0.05) is 6.54 Å². The number of nitrogens with two attached hydrogens (primary N) is 1. The summed E-state index contributed by atoms with van der Waals surface area (Å²) < 4.78 is 27.0. The molecule has 2 rings (SSSR count). The van der Waals surface area contributed by atoms with E-state index in [1.807, 2.05) is 0 Å². The number of carbonyl (C=O) groups is 1. The normalized spacial score (nSPS) is 18.7. The Morgan fingerprint density at radius 3 is 2.74 bits per heavy atom. The van der Waals surface area contributed by atoms with Crippen molar-refractivity contribution in [3.8, 4) is 0 Å². The molecule has 1 aliphatic heterocycles. The first-order chi connectivity index (χ1) is 8.91. The second-order valence-corrected chi connectivity index (χ2v) is 5.18. The van der Waals surface area contributed by atoms with Crippen LogP contribution in [0.5, 0.6) is 0 Å². The summed E-state index contributed by atoms with van der Waals surface area (Å²) in [6, 6.07) is 1.19. The average molecular weight is 305 g/mol. The highest BCUT2D eigenvalue weighted by molar-refractivity contribution is 7.80. The van der Waals surface area contributed by atoms with Crippen LogP contribution in [0.25, 0.3) is 0 Å². The highest BCUT2D eigenvalue weighted by Gasteiger charge is 2.32. The van der Waals surface area contributed by atoms with Crippen molar-refractivity contribution >= 4 is 34.7 Å². The van der Waals surface area contributed by atoms with Crippen LogP contribution in [0, 0.1) is 11.6 Å². The van der Waals surface area contributed by atoms with Crippen LogP contribution in [0.2, 0.25) is 5.02 Å². The molecule has 1 heterocycles. The molecule has 0 aliphatic carbocycles. The van der Waals surface area contributed by atoms with Gasteiger partial charge in [0.1, 0.15) is 11.6 Å². The monoisotopic (exact) mass is 304 g/mol. The lowest BCUT2D eigenvalue weighted by molar-refractivity contribution is 0.0765. The molecular weight excluding hydrogens is 294 g/mol. The van der Waals surface area contributed by atoms with Crippen molar-refractivity contribution in [3.63, 3.8) is 0 Å². The summed E-state index contributed by atoms with van der Waals surface area (Å²) in [5.41, 5.74) is 5.19. The summed E-state index contributed by atoms with van der Waals surface area (Å²) in [4.78, 5) is 13.8. The maximum absolute atomic E-state index is 13.7. The molecular formula is C12H11ClF2N2OS. The van der Waals surface area contributed by atoms with E-state index in [2.05, 4.69) is 0 Å². The zero-order chi connectivity index (χ0) is 14.2. The molecule has 2 N–H and O–H groups in total. The number of carbonyl (C=O) groups excluding carboxylic acids is 1. The highest BCUT2D eigenvalue weighted by Crippen LogP contribution is 2.24. The molecule has 7 heteroatoms. The number of nitrogens with zero attached hydrogens (tertiary/aromatic N) is 1. The number of likely N-dealkylation sites (tertiary alicyclic amines) is 1. The largest absolute Gasteiger partial charge is 0.392 e. The Kier molecular flexibility index (Phi) is 4.01. The predicted octanol–water partition coefficient (Wildman–Crippen LogP) is 2.51. The summed E-state index contributed by atoms with van der Waals surface area (Å²) in [5, 5.41) is -0.360. The van der Waals surface area contributed by atoms with Crippen molar-refractivity contribution in [2.24, 2.45) is 5.73 Å². The minimum absolute atomic E-state index is 0.181. The van der Waals surface area contributed by atoms with E-state index < -0.39 is 23.6 Å². The van der Waals surface area contributed by atoms with Gasteiger partial charge in [0.05, 0.1) is 21.6 Å². The molecule has 1 unspecified atom stereocenters. The van der Waals surface area contributed by atoms with Gasteiger partial charge in [-0.05, 0) is 25.0 Å². The third-order valence-electron chi connectivity index (χ3n) is 3.08. The number of benzene rings is 1. The summed E-state index contributed by atoms with van der Waals surface area (Å²) in [6.07, 6.45) is 1.37. The first kappa shape index (κ1) is 14.1. The van der Waals surface area contributed by atoms with Gasteiger partial charge in [-0.25, -0.2) is 8.78 Å². The van der Waals surface area contributed by atoms with Crippen LogP contribution >= 0.6 is 23.8 Å². The van der Waals surface area contributed by atoms with Gasteiger partial charge >= 0.3 is 0 Å². The fourth-order valence-corrected chi connectivity index (χ4v) is 2.54. The van der Waals surface area contributed by atoms with E-state index in [0.717, 1.165) is 18.6 Å². The fraction of sp³-hybridized carbons (Fsp3) is 0.333. The molecule has 1 atom stereocenters. The van der Waals surface area contributed by atoms with Crippen LogP contribution < -0.4 is 5.73 Å². The van der Waals surface area contributed by atoms with Gasteiger partial charge < -0.3 is 10.6 Å². The Labute approximate surface area is 119 Å². The lowest BCUT2D eigenvalue weighted by Gasteiger charge is -2.24. The van der Waals surface area contributed by atoms with E-state index in [1.165, 1.54) is 4.90 Å². The highest BCUT2D eigenvalue weighted by atomic mass is 35.5. The minimum Gasteiger partial charge on any atom is -0.392 e. The Morgan fingerprint density at radius 1 is 1.42 bits per heavy atom. The molecule has 19 heavy (non-hydrogen) atoms. The molecule has 3 nitrogen and oxygen atoms in total. The fourth-order valence-electron chi connectivity index (χ4n) is 2.15. The summed E-state index contributed by atoms with van der Waals surface area (Å²) in [5.74, 6) is -2.31. The van der Waals surface area contributed by atoms with E-state index in [9.17, 15) is 13.6 Å². The van der Waals surface area contributed by atoms with Crippen molar-refractivity contribution in [3.05, 3.63) is 34.4 Å². The number of amides is 1. The van der Waals surface area contributed by atoms with Crippen molar-refractivity contribution in [1.29, 1.82) is 0 Å². The Bertz CT molecular complexity index is 553. The molecule has 1 saturated heterocycles. The van der Waals surface area contributed by atoms with E-state index in [4.69, 9.17) is 29.6 Å². The van der Waals surface area contributed by atoms with Crippen LogP contribution in [0.1, 0.15) is 23.2 Å². The van der Waals surface area contributed by atoms with Crippen LogP contribution in [0.4, 0.5) is 8.78 Å². The second-order valence-electron chi connectivity index (χ2n) is 4.31. The number of thiocarbonyl (C=S) groups is 1. The molecule has 1 fully saturated rings. The lowest BCUT2D eigenvalue weighted by Crippen LogP contribution is -2.43. The molecule has 1 aromatic rings. The smallest absolute Gasteiger partial charge is 0.257 e. The van der Waals surface area contributed by atoms with E-state index in [-0.39, 0.29) is 15.6 Å². The van der Waals surface area contributed by atoms with Gasteiger partial charge in [-0.1, -0.05) is 23.8 Å². The molecule has 1 aromatic carbocycles. The molecule has 0 aromatic heterocycles. The Morgan fingerprint density at radius 2 is 2.11 bits per heavy atom. The van der Waals surface area contributed by atoms with Gasteiger partial charge in [-0.3, -0.25) is 4.79 Å². The van der Waals surface area contributed by atoms with Gasteiger partial charge in [0.15, 0.2) is 0 Å². The minimum atomic E-state index is -0.856. The van der Waals surface area contributed by atoms with Crippen LogP contribution in [-0.4, -0.2) is 28.4 Å².